The summed E-state index contributed by atoms with van der Waals surface area (Å²) in [7, 11) is 0. The van der Waals surface area contributed by atoms with Gasteiger partial charge >= 0.3 is 0 Å². The zero-order valence-electron chi connectivity index (χ0n) is 10.6. The molecule has 0 radical (unpaired) electrons. The molecule has 2 aromatic heterocycles. The Hall–Kier alpha value is -2.27. The number of nitrogens with zero attached hydrogens (tertiary/aromatic N) is 4. The van der Waals surface area contributed by atoms with Crippen molar-refractivity contribution in [2.24, 2.45) is 10.2 Å². The van der Waals surface area contributed by atoms with E-state index < -0.39 is 0 Å². The second kappa shape index (κ2) is 5.02. The summed E-state index contributed by atoms with van der Waals surface area (Å²) in [5, 5.41) is 8.84. The molecule has 0 atom stereocenters. The SMILES string of the molecule is Cc1nc2ccc(F)cn2c1N=Nc1cccc(Cl)c1. The molecule has 0 unspecified atom stereocenters. The summed E-state index contributed by atoms with van der Waals surface area (Å²) in [5.74, 6) is 0.147. The van der Waals surface area contributed by atoms with Gasteiger partial charge in [0.1, 0.15) is 11.5 Å². The predicted octanol–water partition coefficient (Wildman–Crippen LogP) is 4.85. The van der Waals surface area contributed by atoms with E-state index in [1.165, 1.54) is 12.3 Å². The molecule has 4 nitrogen and oxygen atoms in total. The van der Waals surface area contributed by atoms with Crippen LogP contribution in [0.1, 0.15) is 5.69 Å². The Bertz CT molecular complexity index is 810. The molecule has 0 aliphatic heterocycles. The van der Waals surface area contributed by atoms with Gasteiger partial charge in [0.05, 0.1) is 11.4 Å². The van der Waals surface area contributed by atoms with Crippen LogP contribution in [-0.4, -0.2) is 9.38 Å². The molecular weight excluding hydrogens is 279 g/mol. The molecule has 6 heteroatoms. The summed E-state index contributed by atoms with van der Waals surface area (Å²) in [6.45, 7) is 1.80. The average Bonchev–Trinajstić information content (AvgIpc) is 2.72. The number of halogens is 2. The monoisotopic (exact) mass is 288 g/mol. The molecule has 0 amide bonds. The highest BCUT2D eigenvalue weighted by molar-refractivity contribution is 6.30. The zero-order valence-corrected chi connectivity index (χ0v) is 11.3. The highest BCUT2D eigenvalue weighted by atomic mass is 35.5. The van der Waals surface area contributed by atoms with Crippen molar-refractivity contribution in [1.29, 1.82) is 0 Å². The number of azo groups is 1. The lowest BCUT2D eigenvalue weighted by atomic mass is 10.3. The van der Waals surface area contributed by atoms with Gasteiger partial charge in [0.15, 0.2) is 5.82 Å². The normalized spacial score (nSPS) is 11.6. The first-order chi connectivity index (χ1) is 9.63. The summed E-state index contributed by atoms with van der Waals surface area (Å²) < 4.78 is 14.9. The van der Waals surface area contributed by atoms with Crippen LogP contribution in [0, 0.1) is 12.7 Å². The first-order valence-corrected chi connectivity index (χ1v) is 6.33. The Kier molecular flexibility index (Phi) is 3.20. The molecule has 0 saturated carbocycles. The van der Waals surface area contributed by atoms with Gasteiger partial charge in [-0.3, -0.25) is 4.40 Å². The van der Waals surface area contributed by atoms with Gasteiger partial charge in [0.2, 0.25) is 0 Å². The Morgan fingerprint density at radius 2 is 2.05 bits per heavy atom. The molecule has 0 N–H and O–H groups in total. The molecule has 3 aromatic rings. The van der Waals surface area contributed by atoms with Crippen molar-refractivity contribution in [2.45, 2.75) is 6.92 Å². The number of hydrogen-bond donors (Lipinski definition) is 0. The van der Waals surface area contributed by atoms with Gasteiger partial charge in [0, 0.05) is 11.2 Å². The van der Waals surface area contributed by atoms with Crippen molar-refractivity contribution < 1.29 is 4.39 Å². The third kappa shape index (κ3) is 2.40. The van der Waals surface area contributed by atoms with Gasteiger partial charge in [-0.2, -0.15) is 0 Å². The number of fused-ring (bicyclic) bond motifs is 1. The topological polar surface area (TPSA) is 42.0 Å². The lowest BCUT2D eigenvalue weighted by molar-refractivity contribution is 0.619. The van der Waals surface area contributed by atoms with Crippen molar-refractivity contribution in [2.75, 3.05) is 0 Å². The van der Waals surface area contributed by atoms with E-state index in [0.717, 1.165) is 0 Å². The van der Waals surface area contributed by atoms with Crippen LogP contribution >= 0.6 is 11.6 Å². The lowest BCUT2D eigenvalue weighted by Gasteiger charge is -1.97. The smallest absolute Gasteiger partial charge is 0.182 e. The van der Waals surface area contributed by atoms with Gasteiger partial charge in [0.25, 0.3) is 0 Å². The molecule has 0 bridgehead atoms. The Morgan fingerprint density at radius 3 is 2.85 bits per heavy atom. The minimum atomic E-state index is -0.353. The van der Waals surface area contributed by atoms with Crippen LogP contribution in [0.5, 0.6) is 0 Å². The first-order valence-electron chi connectivity index (χ1n) is 5.95. The van der Waals surface area contributed by atoms with Crippen LogP contribution in [0.2, 0.25) is 5.02 Å². The van der Waals surface area contributed by atoms with Gasteiger partial charge < -0.3 is 0 Å². The molecule has 0 spiro atoms. The second-order valence-electron chi connectivity index (χ2n) is 4.28. The van der Waals surface area contributed by atoms with Crippen molar-refractivity contribution in [3.63, 3.8) is 0 Å². The fraction of sp³-hybridized carbons (Fsp3) is 0.0714. The third-order valence-corrected chi connectivity index (χ3v) is 3.03. The maximum absolute atomic E-state index is 13.3. The van der Waals surface area contributed by atoms with E-state index in [0.29, 0.717) is 27.9 Å². The van der Waals surface area contributed by atoms with Crippen LogP contribution in [0.4, 0.5) is 15.9 Å². The molecule has 20 heavy (non-hydrogen) atoms. The van der Waals surface area contributed by atoms with Gasteiger partial charge in [-0.25, -0.2) is 9.37 Å². The number of benzene rings is 1. The van der Waals surface area contributed by atoms with E-state index in [9.17, 15) is 4.39 Å². The standard InChI is InChI=1S/C14H10ClFN4/c1-9-14(19-18-12-4-2-3-10(15)7-12)20-8-11(16)5-6-13(20)17-9/h2-8H,1H3. The fourth-order valence-electron chi connectivity index (χ4n) is 1.89. The van der Waals surface area contributed by atoms with Crippen molar-refractivity contribution in [3.05, 3.63) is 59.1 Å². The van der Waals surface area contributed by atoms with Crippen molar-refractivity contribution >= 4 is 28.8 Å². The summed E-state index contributed by atoms with van der Waals surface area (Å²) in [4.78, 5) is 4.30. The summed E-state index contributed by atoms with van der Waals surface area (Å²) in [5.41, 5.74) is 1.94. The fourth-order valence-corrected chi connectivity index (χ4v) is 2.07. The number of pyridine rings is 1. The molecule has 0 saturated heterocycles. The quantitative estimate of drug-likeness (QED) is 0.621. The Balaban J connectivity index is 2.06. The number of hydrogen-bond acceptors (Lipinski definition) is 3. The molecule has 0 fully saturated rings. The Labute approximate surface area is 119 Å². The van der Waals surface area contributed by atoms with Gasteiger partial charge in [-0.15, -0.1) is 10.2 Å². The second-order valence-corrected chi connectivity index (χ2v) is 4.71. The summed E-state index contributed by atoms with van der Waals surface area (Å²) in [6.07, 6.45) is 1.33. The van der Waals surface area contributed by atoms with Gasteiger partial charge in [-0.05, 0) is 37.3 Å². The Morgan fingerprint density at radius 1 is 1.20 bits per heavy atom. The van der Waals surface area contributed by atoms with Crippen LogP contribution in [-0.2, 0) is 0 Å². The number of aromatic nitrogens is 2. The molecule has 3 rings (SSSR count). The van der Waals surface area contributed by atoms with Gasteiger partial charge in [-0.1, -0.05) is 17.7 Å². The van der Waals surface area contributed by atoms with Crippen LogP contribution in [0.3, 0.4) is 0 Å². The largest absolute Gasteiger partial charge is 0.280 e. The van der Waals surface area contributed by atoms with E-state index in [1.54, 1.807) is 41.7 Å². The molecule has 100 valence electrons. The molecule has 1 aromatic carbocycles. The number of aryl methyl sites for hydroxylation is 1. The minimum Gasteiger partial charge on any atom is -0.280 e. The van der Waals surface area contributed by atoms with Crippen molar-refractivity contribution in [1.82, 2.24) is 9.38 Å². The predicted molar refractivity (Wildman–Crippen MR) is 75.5 cm³/mol. The summed E-state index contributed by atoms with van der Waals surface area (Å²) in [6, 6.07) is 9.99. The average molecular weight is 289 g/mol. The van der Waals surface area contributed by atoms with E-state index in [-0.39, 0.29) is 5.82 Å². The lowest BCUT2D eigenvalue weighted by Crippen LogP contribution is -1.85. The summed E-state index contributed by atoms with van der Waals surface area (Å²) >= 11 is 5.88. The van der Waals surface area contributed by atoms with Crippen LogP contribution < -0.4 is 0 Å². The maximum Gasteiger partial charge on any atom is 0.182 e. The van der Waals surface area contributed by atoms with E-state index in [2.05, 4.69) is 15.2 Å². The highest BCUT2D eigenvalue weighted by Gasteiger charge is 2.08. The van der Waals surface area contributed by atoms with E-state index in [1.807, 2.05) is 0 Å². The molecular formula is C14H10ClFN4. The highest BCUT2D eigenvalue weighted by Crippen LogP contribution is 2.25. The van der Waals surface area contributed by atoms with Crippen LogP contribution in [0.25, 0.3) is 5.65 Å². The van der Waals surface area contributed by atoms with E-state index >= 15 is 0 Å². The van der Waals surface area contributed by atoms with E-state index in [4.69, 9.17) is 11.6 Å². The number of rotatable bonds is 2. The van der Waals surface area contributed by atoms with Crippen LogP contribution in [0.15, 0.2) is 52.8 Å². The minimum absolute atomic E-state index is 0.353. The van der Waals surface area contributed by atoms with Crippen molar-refractivity contribution in [3.8, 4) is 0 Å². The number of imidazole rings is 1. The maximum atomic E-state index is 13.3. The first kappa shape index (κ1) is 12.7. The molecule has 2 heterocycles. The zero-order chi connectivity index (χ0) is 14.1. The third-order valence-electron chi connectivity index (χ3n) is 2.79. The molecule has 0 aliphatic carbocycles. The molecule has 0 aliphatic rings.